The molecular weight excluding hydrogens is 408 g/mol. The average Bonchev–Trinajstić information content (AvgIpc) is 2.95. The molecule has 30 heavy (non-hydrogen) atoms. The number of ether oxygens (including phenoxy) is 3. The van der Waals surface area contributed by atoms with E-state index >= 15 is 0 Å². The number of rotatable bonds is 6. The van der Waals surface area contributed by atoms with E-state index in [0.717, 1.165) is 0 Å². The second-order valence-corrected chi connectivity index (χ2v) is 8.03. The molecule has 1 fully saturated rings. The number of aliphatic imine (C=N–C) groups is 1. The van der Waals surface area contributed by atoms with Gasteiger partial charge in [-0.1, -0.05) is 17.8 Å². The first-order valence-electron chi connectivity index (χ1n) is 9.69. The van der Waals surface area contributed by atoms with Crippen LogP contribution in [0.4, 0.5) is 0 Å². The molecule has 8 nitrogen and oxygen atoms in total. The number of esters is 2. The van der Waals surface area contributed by atoms with Crippen molar-refractivity contribution in [1.29, 1.82) is 0 Å². The van der Waals surface area contributed by atoms with Crippen LogP contribution in [0.5, 0.6) is 11.5 Å². The number of amidine groups is 1. The molecule has 0 radical (unpaired) electrons. The van der Waals surface area contributed by atoms with Crippen LogP contribution in [0.15, 0.2) is 34.5 Å². The number of fused-ring (bicyclic) bond motifs is 1. The summed E-state index contributed by atoms with van der Waals surface area (Å²) in [6.45, 7) is 8.93. The molecule has 1 amide bonds. The third kappa shape index (κ3) is 4.07. The van der Waals surface area contributed by atoms with Gasteiger partial charge in [-0.3, -0.25) is 14.5 Å². The molecule has 0 N–H and O–H groups in total. The fourth-order valence-electron chi connectivity index (χ4n) is 3.39. The molecular formula is C21H24N2O6S. The third-order valence-electron chi connectivity index (χ3n) is 4.59. The number of hydrogen-bond acceptors (Lipinski definition) is 8. The van der Waals surface area contributed by atoms with Crippen LogP contribution in [0.25, 0.3) is 0 Å². The topological polar surface area (TPSA) is 94.5 Å². The molecule has 9 heteroatoms. The molecule has 0 spiro atoms. The maximum Gasteiger partial charge on any atom is 0.338 e. The van der Waals surface area contributed by atoms with Crippen LogP contribution in [0.3, 0.4) is 0 Å². The summed E-state index contributed by atoms with van der Waals surface area (Å²) < 4.78 is 16.1. The summed E-state index contributed by atoms with van der Waals surface area (Å²) in [4.78, 5) is 43.2. The minimum Gasteiger partial charge on any atom is -0.490 e. The monoisotopic (exact) mass is 432 g/mol. The van der Waals surface area contributed by atoms with Crippen molar-refractivity contribution < 1.29 is 28.6 Å². The quantitative estimate of drug-likeness (QED) is 0.503. The number of carbonyl (C=O) groups excluding carboxylic acids is 3. The maximum absolute atomic E-state index is 12.9. The van der Waals surface area contributed by atoms with E-state index in [1.165, 1.54) is 23.6 Å². The van der Waals surface area contributed by atoms with E-state index in [1.807, 2.05) is 6.92 Å². The standard InChI is InChI=1S/C21H24N2O6S/c1-6-27-16-10-14(8-9-15(16)29-13(5)24)18-17(20(26)28-7-2)11(3)22-21-23(18)19(25)12(4)30-21/h8-10,12,18H,6-7H2,1-5H3/t12-,18-/m1/s1. The fourth-order valence-corrected chi connectivity index (χ4v) is 4.42. The maximum atomic E-state index is 12.9. The summed E-state index contributed by atoms with van der Waals surface area (Å²) in [5.41, 5.74) is 1.43. The van der Waals surface area contributed by atoms with Gasteiger partial charge in [0, 0.05) is 6.92 Å². The van der Waals surface area contributed by atoms with E-state index in [4.69, 9.17) is 14.2 Å². The van der Waals surface area contributed by atoms with Gasteiger partial charge in [0.2, 0.25) is 5.91 Å². The zero-order valence-electron chi connectivity index (χ0n) is 17.6. The van der Waals surface area contributed by atoms with Crippen LogP contribution in [-0.4, -0.2) is 46.4 Å². The highest BCUT2D eigenvalue weighted by molar-refractivity contribution is 8.15. The van der Waals surface area contributed by atoms with Crippen molar-refractivity contribution in [2.45, 2.75) is 45.9 Å². The molecule has 2 aliphatic rings. The molecule has 0 aromatic heterocycles. The summed E-state index contributed by atoms with van der Waals surface area (Å²) in [6, 6.07) is 4.28. The number of allylic oxidation sites excluding steroid dienone is 1. The van der Waals surface area contributed by atoms with Gasteiger partial charge in [-0.15, -0.1) is 0 Å². The van der Waals surface area contributed by atoms with Gasteiger partial charge in [-0.05, 0) is 45.4 Å². The highest BCUT2D eigenvalue weighted by atomic mass is 32.2. The summed E-state index contributed by atoms with van der Waals surface area (Å²) in [7, 11) is 0. The number of amides is 1. The van der Waals surface area contributed by atoms with Crippen molar-refractivity contribution in [3.8, 4) is 11.5 Å². The first kappa shape index (κ1) is 21.9. The van der Waals surface area contributed by atoms with Gasteiger partial charge in [-0.2, -0.15) is 0 Å². The number of hydrogen-bond donors (Lipinski definition) is 0. The van der Waals surface area contributed by atoms with Crippen LogP contribution in [0.1, 0.15) is 46.2 Å². The van der Waals surface area contributed by atoms with E-state index in [2.05, 4.69) is 4.99 Å². The normalized spacial score (nSPS) is 20.6. The first-order valence-corrected chi connectivity index (χ1v) is 10.6. The van der Waals surface area contributed by atoms with Crippen molar-refractivity contribution in [3.05, 3.63) is 35.0 Å². The molecule has 0 bridgehead atoms. The molecule has 2 atom stereocenters. The van der Waals surface area contributed by atoms with Crippen LogP contribution in [-0.2, 0) is 19.1 Å². The average molecular weight is 432 g/mol. The number of thioether (sulfide) groups is 1. The highest BCUT2D eigenvalue weighted by Crippen LogP contribution is 2.44. The van der Waals surface area contributed by atoms with Gasteiger partial charge in [0.15, 0.2) is 16.7 Å². The molecule has 2 heterocycles. The van der Waals surface area contributed by atoms with Crippen LogP contribution in [0.2, 0.25) is 0 Å². The lowest BCUT2D eigenvalue weighted by molar-refractivity contribution is -0.139. The van der Waals surface area contributed by atoms with Crippen molar-refractivity contribution in [2.75, 3.05) is 13.2 Å². The second kappa shape index (κ2) is 8.91. The number of nitrogens with zero attached hydrogens (tertiary/aromatic N) is 2. The Hall–Kier alpha value is -2.81. The fraction of sp³-hybridized carbons (Fsp3) is 0.429. The minimum absolute atomic E-state index is 0.139. The predicted octanol–water partition coefficient (Wildman–Crippen LogP) is 3.22. The second-order valence-electron chi connectivity index (χ2n) is 6.72. The smallest absolute Gasteiger partial charge is 0.338 e. The molecule has 0 aliphatic carbocycles. The summed E-state index contributed by atoms with van der Waals surface area (Å²) in [5.74, 6) is -0.518. The Balaban J connectivity index is 2.15. The SMILES string of the molecule is CCOC(=O)C1=C(C)N=C2S[C@H](C)C(=O)N2[C@@H]1c1ccc(OC(C)=O)c(OCC)c1. The zero-order valence-corrected chi connectivity index (χ0v) is 18.4. The van der Waals surface area contributed by atoms with Gasteiger partial charge < -0.3 is 14.2 Å². The van der Waals surface area contributed by atoms with Gasteiger partial charge in [0.25, 0.3) is 0 Å². The summed E-state index contributed by atoms with van der Waals surface area (Å²) in [6.07, 6.45) is 0. The Bertz CT molecular complexity index is 955. The summed E-state index contributed by atoms with van der Waals surface area (Å²) >= 11 is 1.35. The van der Waals surface area contributed by atoms with E-state index in [0.29, 0.717) is 34.4 Å². The van der Waals surface area contributed by atoms with Crippen molar-refractivity contribution in [3.63, 3.8) is 0 Å². The minimum atomic E-state index is -0.716. The molecule has 1 saturated heterocycles. The molecule has 0 saturated carbocycles. The first-order chi connectivity index (χ1) is 14.3. The lowest BCUT2D eigenvalue weighted by Gasteiger charge is -2.33. The Morgan fingerprint density at radius 2 is 1.93 bits per heavy atom. The summed E-state index contributed by atoms with van der Waals surface area (Å²) in [5, 5.41) is 0.234. The van der Waals surface area contributed by atoms with Crippen LogP contribution < -0.4 is 9.47 Å². The van der Waals surface area contributed by atoms with Crippen molar-refractivity contribution in [1.82, 2.24) is 4.90 Å². The molecule has 2 aliphatic heterocycles. The van der Waals surface area contributed by atoms with Gasteiger partial charge in [-0.25, -0.2) is 9.79 Å². The lowest BCUT2D eigenvalue weighted by atomic mass is 9.94. The number of carbonyl (C=O) groups is 3. The molecule has 0 unspecified atom stereocenters. The van der Waals surface area contributed by atoms with E-state index in [-0.39, 0.29) is 23.5 Å². The molecule has 1 aromatic carbocycles. The predicted molar refractivity (Wildman–Crippen MR) is 112 cm³/mol. The van der Waals surface area contributed by atoms with E-state index in [9.17, 15) is 14.4 Å². The lowest BCUT2D eigenvalue weighted by Crippen LogP contribution is -2.40. The molecule has 3 rings (SSSR count). The molecule has 1 aromatic rings. The Morgan fingerprint density at radius 3 is 2.57 bits per heavy atom. The van der Waals surface area contributed by atoms with Gasteiger partial charge >= 0.3 is 11.9 Å². The van der Waals surface area contributed by atoms with Crippen molar-refractivity contribution in [2.24, 2.45) is 4.99 Å². The van der Waals surface area contributed by atoms with Gasteiger partial charge in [0.1, 0.15) is 0 Å². The van der Waals surface area contributed by atoms with Crippen molar-refractivity contribution >= 4 is 34.8 Å². The Labute approximate surface area is 179 Å². The van der Waals surface area contributed by atoms with E-state index < -0.39 is 18.0 Å². The Morgan fingerprint density at radius 1 is 1.20 bits per heavy atom. The van der Waals surface area contributed by atoms with Crippen LogP contribution >= 0.6 is 11.8 Å². The largest absolute Gasteiger partial charge is 0.490 e. The molecule has 160 valence electrons. The van der Waals surface area contributed by atoms with Gasteiger partial charge in [0.05, 0.1) is 35.8 Å². The third-order valence-corrected chi connectivity index (χ3v) is 5.64. The van der Waals surface area contributed by atoms with Crippen LogP contribution in [0, 0.1) is 0 Å². The Kier molecular flexibility index (Phi) is 6.50. The zero-order chi connectivity index (χ0) is 22.0. The van der Waals surface area contributed by atoms with E-state index in [1.54, 1.807) is 39.0 Å². The number of benzene rings is 1. The highest BCUT2D eigenvalue weighted by Gasteiger charge is 2.46.